The number of fused-ring (bicyclic) bond motifs is 1. The Balaban J connectivity index is 0.00000126. The van der Waals surface area contributed by atoms with Crippen LogP contribution in [-0.4, -0.2) is 36.2 Å². The van der Waals surface area contributed by atoms with E-state index in [0.29, 0.717) is 6.54 Å². The highest BCUT2D eigenvalue weighted by atomic mass is 32.2. The summed E-state index contributed by atoms with van der Waals surface area (Å²) in [5.41, 5.74) is 3.12. The molecule has 0 atom stereocenters. The minimum absolute atomic E-state index is 0.625. The van der Waals surface area contributed by atoms with Gasteiger partial charge in [-0.1, -0.05) is 45.5 Å². The predicted molar refractivity (Wildman–Crippen MR) is 115 cm³/mol. The Bertz CT molecular complexity index is 922. The van der Waals surface area contributed by atoms with Crippen LogP contribution in [0.25, 0.3) is 11.0 Å². The molecule has 7 heteroatoms. The summed E-state index contributed by atoms with van der Waals surface area (Å²) < 4.78 is 4.14. The Labute approximate surface area is 165 Å². The highest BCUT2D eigenvalue weighted by molar-refractivity contribution is 8.16. The van der Waals surface area contributed by atoms with Crippen molar-refractivity contribution < 1.29 is 0 Å². The van der Waals surface area contributed by atoms with Gasteiger partial charge in [-0.2, -0.15) is 0 Å². The molecule has 0 aromatic carbocycles. The Morgan fingerprint density at radius 1 is 1.33 bits per heavy atom. The molecule has 0 amide bonds. The molecule has 144 valence electrons. The summed E-state index contributed by atoms with van der Waals surface area (Å²) in [6.07, 6.45) is 7.70. The second-order valence-electron chi connectivity index (χ2n) is 5.69. The zero-order chi connectivity index (χ0) is 19.8. The van der Waals surface area contributed by atoms with Gasteiger partial charge in [-0.15, -0.1) is 0 Å². The molecular formula is C20H28N6S. The summed E-state index contributed by atoms with van der Waals surface area (Å²) in [6, 6.07) is 2.09. The maximum Gasteiger partial charge on any atom is 0.165 e. The van der Waals surface area contributed by atoms with Gasteiger partial charge >= 0.3 is 0 Å². The molecule has 3 heterocycles. The molecular weight excluding hydrogens is 356 g/mol. The lowest BCUT2D eigenvalue weighted by Crippen LogP contribution is -2.11. The van der Waals surface area contributed by atoms with Gasteiger partial charge in [0.2, 0.25) is 0 Å². The largest absolute Gasteiger partial charge is 0.328 e. The molecule has 0 spiro atoms. The van der Waals surface area contributed by atoms with Crippen molar-refractivity contribution in [2.24, 2.45) is 12.0 Å². The number of aryl methyl sites for hydroxylation is 2. The van der Waals surface area contributed by atoms with Crippen LogP contribution in [0.3, 0.4) is 0 Å². The van der Waals surface area contributed by atoms with Crippen molar-refractivity contribution in [3.05, 3.63) is 54.0 Å². The average Bonchev–Trinajstić information content (AvgIpc) is 3.27. The van der Waals surface area contributed by atoms with E-state index >= 15 is 0 Å². The maximum atomic E-state index is 4.81. The minimum Gasteiger partial charge on any atom is -0.328 e. The standard InChI is InChI=1S/C18H22N6S.C2H6/c1-5-7-13-10-14-15(11-21-13)23(4)16(22-14)12-24-9-8-20-17(24)18(19-3)25-6-2;1-2/h6,8-11H,2,5,7,12H2,1,3-4H3;1-2H3. The fraction of sp³-hybridized carbons (Fsp3) is 0.400. The van der Waals surface area contributed by atoms with E-state index in [4.69, 9.17) is 4.98 Å². The van der Waals surface area contributed by atoms with E-state index < -0.39 is 0 Å². The number of hydrogen-bond donors (Lipinski definition) is 0. The second kappa shape index (κ2) is 10.1. The van der Waals surface area contributed by atoms with Crippen molar-refractivity contribution in [2.75, 3.05) is 7.05 Å². The first-order valence-electron chi connectivity index (χ1n) is 9.24. The fourth-order valence-electron chi connectivity index (χ4n) is 2.79. The first-order valence-corrected chi connectivity index (χ1v) is 10.1. The number of aliphatic imine (C=N–C) groups is 1. The topological polar surface area (TPSA) is 60.9 Å². The molecule has 3 aromatic rings. The molecule has 0 saturated heterocycles. The summed E-state index contributed by atoms with van der Waals surface area (Å²) in [7, 11) is 3.79. The van der Waals surface area contributed by atoms with Crippen molar-refractivity contribution in [3.8, 4) is 0 Å². The number of imidazole rings is 2. The minimum atomic E-state index is 0.625. The molecule has 3 rings (SSSR count). The van der Waals surface area contributed by atoms with Crippen LogP contribution in [-0.2, 0) is 20.0 Å². The van der Waals surface area contributed by atoms with Gasteiger partial charge in [-0.05, 0) is 17.9 Å². The molecule has 27 heavy (non-hydrogen) atoms. The monoisotopic (exact) mass is 384 g/mol. The summed E-state index contributed by atoms with van der Waals surface area (Å²) >= 11 is 1.47. The van der Waals surface area contributed by atoms with E-state index in [9.17, 15) is 0 Å². The van der Waals surface area contributed by atoms with Crippen LogP contribution >= 0.6 is 11.8 Å². The summed E-state index contributed by atoms with van der Waals surface area (Å²) in [5, 5.41) is 2.60. The first-order chi connectivity index (χ1) is 13.2. The molecule has 0 unspecified atom stereocenters. The third kappa shape index (κ3) is 4.66. The van der Waals surface area contributed by atoms with Crippen LogP contribution in [0, 0.1) is 0 Å². The van der Waals surface area contributed by atoms with Crippen LogP contribution in [0.1, 0.15) is 44.5 Å². The van der Waals surface area contributed by atoms with Crippen LogP contribution in [0.15, 0.2) is 41.6 Å². The van der Waals surface area contributed by atoms with Gasteiger partial charge < -0.3 is 9.13 Å². The smallest absolute Gasteiger partial charge is 0.165 e. The third-order valence-corrected chi connectivity index (χ3v) is 4.79. The van der Waals surface area contributed by atoms with E-state index in [2.05, 4.69) is 43.7 Å². The molecule has 0 radical (unpaired) electrons. The lowest BCUT2D eigenvalue weighted by atomic mass is 10.2. The summed E-state index contributed by atoms with van der Waals surface area (Å²) in [4.78, 5) is 18.1. The van der Waals surface area contributed by atoms with Gasteiger partial charge in [0.1, 0.15) is 10.9 Å². The van der Waals surface area contributed by atoms with E-state index in [1.165, 1.54) is 11.8 Å². The Morgan fingerprint density at radius 3 is 2.78 bits per heavy atom. The fourth-order valence-corrected chi connectivity index (χ4v) is 3.32. The van der Waals surface area contributed by atoms with Crippen LogP contribution in [0.4, 0.5) is 0 Å². The second-order valence-corrected chi connectivity index (χ2v) is 6.65. The molecule has 6 nitrogen and oxygen atoms in total. The lowest BCUT2D eigenvalue weighted by Gasteiger charge is -2.08. The van der Waals surface area contributed by atoms with Crippen LogP contribution < -0.4 is 0 Å². The maximum absolute atomic E-state index is 4.81. The zero-order valence-electron chi connectivity index (χ0n) is 16.8. The van der Waals surface area contributed by atoms with E-state index in [1.807, 2.05) is 33.3 Å². The molecule has 3 aromatic heterocycles. The third-order valence-electron chi connectivity index (χ3n) is 4.04. The van der Waals surface area contributed by atoms with Gasteiger partial charge in [0.25, 0.3) is 0 Å². The van der Waals surface area contributed by atoms with Crippen molar-refractivity contribution >= 4 is 27.8 Å². The number of nitrogens with zero attached hydrogens (tertiary/aromatic N) is 6. The normalized spacial score (nSPS) is 11.4. The molecule has 0 aliphatic heterocycles. The Morgan fingerprint density at radius 2 is 2.11 bits per heavy atom. The number of aromatic nitrogens is 5. The van der Waals surface area contributed by atoms with Crippen molar-refractivity contribution in [3.63, 3.8) is 0 Å². The van der Waals surface area contributed by atoms with Crippen LogP contribution in [0.2, 0.25) is 0 Å². The molecule has 0 aliphatic rings. The van der Waals surface area contributed by atoms with Gasteiger partial charge in [0.05, 0.1) is 23.8 Å². The number of hydrogen-bond acceptors (Lipinski definition) is 5. The van der Waals surface area contributed by atoms with E-state index in [1.54, 1.807) is 18.7 Å². The van der Waals surface area contributed by atoms with Gasteiger partial charge in [0.15, 0.2) is 5.82 Å². The van der Waals surface area contributed by atoms with E-state index in [-0.39, 0.29) is 0 Å². The molecule has 0 bridgehead atoms. The highest BCUT2D eigenvalue weighted by Crippen LogP contribution is 2.18. The molecule has 0 aliphatic carbocycles. The van der Waals surface area contributed by atoms with Gasteiger partial charge in [-0.3, -0.25) is 9.98 Å². The molecule has 0 N–H and O–H groups in total. The summed E-state index contributed by atoms with van der Waals surface area (Å²) in [6.45, 7) is 10.5. The highest BCUT2D eigenvalue weighted by Gasteiger charge is 2.14. The Hall–Kier alpha value is -2.41. The number of thioether (sulfide) groups is 1. The van der Waals surface area contributed by atoms with Gasteiger partial charge in [0, 0.05) is 32.2 Å². The SMILES string of the molecule is C=CSC(=NC)c1nccn1Cc1nc2cc(CCC)ncc2n1C.CC. The summed E-state index contributed by atoms with van der Waals surface area (Å²) in [5.74, 6) is 1.79. The Kier molecular flexibility index (Phi) is 7.79. The van der Waals surface area contributed by atoms with Crippen LogP contribution in [0.5, 0.6) is 0 Å². The first kappa shape index (κ1) is 20.9. The van der Waals surface area contributed by atoms with Crippen molar-refractivity contribution in [1.29, 1.82) is 0 Å². The average molecular weight is 385 g/mol. The quantitative estimate of drug-likeness (QED) is 0.465. The molecule has 0 saturated carbocycles. The molecule has 0 fully saturated rings. The lowest BCUT2D eigenvalue weighted by molar-refractivity contribution is 0.703. The van der Waals surface area contributed by atoms with Gasteiger partial charge in [-0.25, -0.2) is 9.97 Å². The van der Waals surface area contributed by atoms with Crippen molar-refractivity contribution in [1.82, 2.24) is 24.1 Å². The van der Waals surface area contributed by atoms with Crippen molar-refractivity contribution in [2.45, 2.75) is 40.2 Å². The predicted octanol–water partition coefficient (Wildman–Crippen LogP) is 4.44. The number of rotatable bonds is 6. The zero-order valence-corrected chi connectivity index (χ0v) is 17.6. The van der Waals surface area contributed by atoms with E-state index in [0.717, 1.165) is 46.3 Å². The number of pyridine rings is 1.